The van der Waals surface area contributed by atoms with Gasteiger partial charge in [-0.2, -0.15) is 8.62 Å². The van der Waals surface area contributed by atoms with Gasteiger partial charge in [0, 0.05) is 0 Å². The average molecular weight is 476 g/mol. The van der Waals surface area contributed by atoms with Gasteiger partial charge in [0.15, 0.2) is 0 Å². The summed E-state index contributed by atoms with van der Waals surface area (Å²) in [4.78, 5) is 62.0. The molecule has 0 aliphatic rings. The first kappa shape index (κ1) is 46.6. The molecule has 0 saturated carbocycles. The number of phosphoric acid groups is 4. The first-order valence-corrected chi connectivity index (χ1v) is 9.18. The second-order valence-corrected chi connectivity index (χ2v) is 7.36. The van der Waals surface area contributed by atoms with E-state index >= 15 is 0 Å². The Labute approximate surface area is 240 Å². The summed E-state index contributed by atoms with van der Waals surface area (Å²) in [5, 5.41) is 0. The molecule has 0 aliphatic carbocycles. The van der Waals surface area contributed by atoms with E-state index in [4.69, 9.17) is 39.1 Å². The number of hydrogen-bond acceptors (Lipinski definition) is 6. The second-order valence-electron chi connectivity index (χ2n) is 2.13. The quantitative estimate of drug-likeness (QED) is 0.140. The van der Waals surface area contributed by atoms with Crippen molar-refractivity contribution in [2.75, 3.05) is 0 Å². The Bertz CT molecular complexity index is 354. The van der Waals surface area contributed by atoms with Gasteiger partial charge in [0.25, 0.3) is 0 Å². The van der Waals surface area contributed by atoms with Gasteiger partial charge in [-0.05, 0) is 0 Å². The molecule has 0 radical (unpaired) electrons. The Morgan fingerprint density at radius 2 is 0.478 bits per heavy atom. The Kier molecular flexibility index (Phi) is 39.5. The molecular weight excluding hydrogens is 463 g/mol. The second kappa shape index (κ2) is 19.5. The van der Waals surface area contributed by atoms with Gasteiger partial charge in [-0.1, -0.05) is 0 Å². The van der Waals surface area contributed by atoms with Crippen LogP contribution in [0.1, 0.15) is 0 Å². The summed E-state index contributed by atoms with van der Waals surface area (Å²) in [6.07, 6.45) is 0. The van der Waals surface area contributed by atoms with Crippen LogP contribution >= 0.6 is 31.3 Å². The fourth-order valence-corrected chi connectivity index (χ4v) is 2.49. The van der Waals surface area contributed by atoms with Crippen LogP contribution < -0.4 is 0 Å². The molecule has 8 N–H and O–H groups in total. The van der Waals surface area contributed by atoms with E-state index in [1.165, 1.54) is 0 Å². The van der Waals surface area contributed by atoms with Gasteiger partial charge in [0.05, 0.1) is 0 Å². The Hall–Kier alpha value is 5.52. The van der Waals surface area contributed by atoms with Crippen LogP contribution in [-0.2, 0) is 26.9 Å². The molecule has 0 amide bonds. The molecule has 0 bridgehead atoms. The first-order valence-electron chi connectivity index (χ1n) is 3.06. The van der Waals surface area contributed by atoms with Crippen molar-refractivity contribution in [1.29, 1.82) is 0 Å². The average Bonchev–Trinajstić information content (AvgIpc) is 1.64. The van der Waals surface area contributed by atoms with Crippen LogP contribution in [0.4, 0.5) is 0 Å². The van der Waals surface area contributed by atoms with Crippen LogP contribution in [0.3, 0.4) is 0 Å². The summed E-state index contributed by atoms with van der Waals surface area (Å²) in [5.74, 6) is 0. The molecule has 0 atom stereocenters. The van der Waals surface area contributed by atoms with E-state index in [1.807, 2.05) is 0 Å². The normalized spacial score (nSPS) is 10.8. The maximum atomic E-state index is 9.63. The molecule has 0 aliphatic heterocycles. The predicted molar refractivity (Wildman–Crippen MR) is 86.1 cm³/mol. The van der Waals surface area contributed by atoms with E-state index < -0.39 is 31.3 Å². The van der Waals surface area contributed by atoms with Gasteiger partial charge >= 0.3 is 179 Å². The molecule has 23 heavy (non-hydrogen) atoms. The molecule has 0 unspecified atom stereocenters. The third kappa shape index (κ3) is 58.4. The van der Waals surface area contributed by atoms with Crippen molar-refractivity contribution in [3.05, 3.63) is 0 Å². The molecule has 0 saturated heterocycles. The van der Waals surface area contributed by atoms with E-state index in [0.717, 1.165) is 0 Å². The molecule has 0 aromatic heterocycles. The van der Waals surface area contributed by atoms with Gasteiger partial charge in [-0.3, -0.25) is 0 Å². The summed E-state index contributed by atoms with van der Waals surface area (Å²) in [5.41, 5.74) is 0. The molecule has 0 aromatic rings. The fourth-order valence-electron chi connectivity index (χ4n) is 0.277. The van der Waals surface area contributed by atoms with Crippen molar-refractivity contribution < 1.29 is 66.0 Å². The van der Waals surface area contributed by atoms with Crippen LogP contribution in [0.25, 0.3) is 0 Å². The van der Waals surface area contributed by atoms with Gasteiger partial charge in [0.2, 0.25) is 0 Å². The van der Waals surface area contributed by atoms with E-state index in [0.29, 0.717) is 0 Å². The predicted octanol–water partition coefficient (Wildman–Crippen LogP) is -4.87. The van der Waals surface area contributed by atoms with Crippen molar-refractivity contribution in [3.63, 3.8) is 0 Å². The zero-order chi connectivity index (χ0) is 15.4. The Balaban J connectivity index is -0.0000000366. The van der Waals surface area contributed by atoms with E-state index in [2.05, 4.69) is 8.62 Å². The molecule has 23 heteroatoms. The third-order valence-corrected chi connectivity index (χ3v) is 3.83. The zero-order valence-electron chi connectivity index (χ0n) is 7.82. The third-order valence-electron chi connectivity index (χ3n) is 0.425. The van der Waals surface area contributed by atoms with Crippen LogP contribution in [0, 0.1) is 0 Å². The molecular formula is H13Na5O14P4. The molecule has 14 nitrogen and oxygen atoms in total. The minimum atomic E-state index is -5.05. The molecule has 0 rings (SSSR count). The van der Waals surface area contributed by atoms with Gasteiger partial charge in [0.1, 0.15) is 0 Å². The monoisotopic (exact) mass is 476 g/mol. The van der Waals surface area contributed by atoms with E-state index in [9.17, 15) is 18.3 Å². The number of rotatable bonds is 4. The van der Waals surface area contributed by atoms with Gasteiger partial charge in [-0.25, -0.2) is 18.3 Å². The summed E-state index contributed by atoms with van der Waals surface area (Å²) < 4.78 is 44.4. The summed E-state index contributed by atoms with van der Waals surface area (Å²) in [6.45, 7) is 0. The van der Waals surface area contributed by atoms with Gasteiger partial charge < -0.3 is 39.1 Å². The zero-order valence-corrected chi connectivity index (χ0v) is 11.4. The summed E-state index contributed by atoms with van der Waals surface area (Å²) in [6, 6.07) is 0. The van der Waals surface area contributed by atoms with E-state index in [-0.39, 0.29) is 148 Å². The fraction of sp³-hybridized carbons (Fsp3) is 0. The minimum absolute atomic E-state index is 0. The van der Waals surface area contributed by atoms with Crippen LogP contribution in [-0.4, -0.2) is 187 Å². The van der Waals surface area contributed by atoms with Crippen LogP contribution in [0.5, 0.6) is 0 Å². The van der Waals surface area contributed by atoms with Crippen molar-refractivity contribution >= 4 is 179 Å². The number of hydrogen-bond donors (Lipinski definition) is 8. The topological polar surface area (TPSA) is 249 Å². The molecule has 0 aromatic carbocycles. The van der Waals surface area contributed by atoms with E-state index in [1.54, 1.807) is 0 Å². The van der Waals surface area contributed by atoms with Crippen LogP contribution in [0.15, 0.2) is 0 Å². The maximum absolute atomic E-state index is 9.63. The molecule has 0 heterocycles. The molecule has 0 spiro atoms. The SMILES string of the molecule is O=P(O)(O)OP(=O)(O)O.O=P(O)(O)OP(=O)(O)O.[NaH].[NaH].[NaH].[NaH].[NaH]. The van der Waals surface area contributed by atoms with Gasteiger partial charge in [-0.15, -0.1) is 0 Å². The van der Waals surface area contributed by atoms with Crippen molar-refractivity contribution in [2.24, 2.45) is 0 Å². The summed E-state index contributed by atoms with van der Waals surface area (Å²) >= 11 is 0. The molecule has 122 valence electrons. The van der Waals surface area contributed by atoms with Crippen LogP contribution in [0.2, 0.25) is 0 Å². The molecule has 0 fully saturated rings. The summed E-state index contributed by atoms with van der Waals surface area (Å²) in [7, 11) is -20.2. The van der Waals surface area contributed by atoms with Crippen molar-refractivity contribution in [3.8, 4) is 0 Å². The Morgan fingerprint density at radius 1 is 0.391 bits per heavy atom. The first-order chi connectivity index (χ1) is 7.41. The Morgan fingerprint density at radius 3 is 0.478 bits per heavy atom. The van der Waals surface area contributed by atoms with Crippen molar-refractivity contribution in [1.82, 2.24) is 0 Å². The van der Waals surface area contributed by atoms with Crippen molar-refractivity contribution in [2.45, 2.75) is 0 Å². The standard InChI is InChI=1S/5Na.2H4O7P2.5H/c;;;;;2*1-8(2,3)7-9(4,5)6;;;;;/h;;;;;2*(H2,1,2,3)(H2,4,5,6);;;;;.